The quantitative estimate of drug-likeness (QED) is 0.125. The molecule has 4 heteroatoms. The third-order valence-corrected chi connectivity index (χ3v) is 6.15. The minimum atomic E-state index is -0.572. The molecule has 1 N–H and O–H groups in total. The van der Waals surface area contributed by atoms with Crippen LogP contribution >= 0.6 is 0 Å². The zero-order valence-electron chi connectivity index (χ0n) is 22.4. The van der Waals surface area contributed by atoms with Gasteiger partial charge in [0.05, 0.1) is 12.5 Å². The van der Waals surface area contributed by atoms with Gasteiger partial charge in [-0.1, -0.05) is 118 Å². The van der Waals surface area contributed by atoms with E-state index in [1.807, 2.05) is 5.06 Å². The number of hydroxylamine groups is 2. The molecule has 0 aromatic heterocycles. The predicted molar refractivity (Wildman–Crippen MR) is 138 cm³/mol. The number of rotatable bonds is 23. The lowest BCUT2D eigenvalue weighted by atomic mass is 10.0. The minimum absolute atomic E-state index is 0.118. The van der Waals surface area contributed by atoms with Gasteiger partial charge < -0.3 is 9.94 Å². The summed E-state index contributed by atoms with van der Waals surface area (Å²) in [6, 6.07) is 0. The van der Waals surface area contributed by atoms with Crippen LogP contribution in [0.25, 0.3) is 0 Å². The van der Waals surface area contributed by atoms with Crippen LogP contribution in [0.15, 0.2) is 0 Å². The van der Waals surface area contributed by atoms with E-state index in [0.717, 1.165) is 50.6 Å². The highest BCUT2D eigenvalue weighted by Crippen LogP contribution is 2.14. The number of hydrogen-bond donors (Lipinski definition) is 1. The maximum absolute atomic E-state index is 12.4. The molecule has 0 radical (unpaired) electrons. The van der Waals surface area contributed by atoms with E-state index in [1.165, 1.54) is 70.6 Å². The number of nitrogens with zero attached hydrogens (tertiary/aromatic N) is 1. The van der Waals surface area contributed by atoms with E-state index in [1.54, 1.807) is 0 Å². The molecule has 1 atom stereocenters. The van der Waals surface area contributed by atoms with Gasteiger partial charge in [0.1, 0.15) is 0 Å². The Morgan fingerprint density at radius 2 is 1.12 bits per heavy atom. The van der Waals surface area contributed by atoms with Crippen molar-refractivity contribution in [2.24, 2.45) is 11.8 Å². The molecule has 0 heterocycles. The fraction of sp³-hybridized carbons (Fsp3) is 0.964. The van der Waals surface area contributed by atoms with Crippen LogP contribution in [0.1, 0.15) is 144 Å². The lowest BCUT2D eigenvalue weighted by Crippen LogP contribution is -2.31. The first kappa shape index (κ1) is 31.4. The highest BCUT2D eigenvalue weighted by atomic mass is 16.7. The molecule has 0 aliphatic rings. The van der Waals surface area contributed by atoms with Gasteiger partial charge >= 0.3 is 5.97 Å². The van der Waals surface area contributed by atoms with E-state index in [9.17, 15) is 9.90 Å². The lowest BCUT2D eigenvalue weighted by molar-refractivity contribution is -0.193. The van der Waals surface area contributed by atoms with E-state index in [2.05, 4.69) is 34.6 Å². The van der Waals surface area contributed by atoms with Crippen LogP contribution < -0.4 is 0 Å². The zero-order valence-corrected chi connectivity index (χ0v) is 22.4. The fourth-order valence-electron chi connectivity index (χ4n) is 4.05. The molecular weight excluding hydrogens is 398 g/mol. The first-order chi connectivity index (χ1) is 15.3. The predicted octanol–water partition coefficient (Wildman–Crippen LogP) is 8.07. The number of unbranched alkanes of at least 4 members (excludes halogenated alkanes) is 10. The summed E-state index contributed by atoms with van der Waals surface area (Å²) in [4.78, 5) is 18.1. The summed E-state index contributed by atoms with van der Waals surface area (Å²) >= 11 is 0. The molecule has 0 amide bonds. The summed E-state index contributed by atoms with van der Waals surface area (Å²) in [5.74, 6) is 1.23. The standard InChI is InChI=1S/C28H57NO3/c1-6-7-8-9-10-11-16-21-27(30)24-28(31)32-29(22-17-12-14-19-25(2)3)23-18-13-15-20-26(4)5/h25-27,30H,6-24H2,1-5H3. The number of aliphatic hydroxyl groups excluding tert-OH is 1. The third kappa shape index (κ3) is 22.6. The molecule has 4 nitrogen and oxygen atoms in total. The second-order valence-corrected chi connectivity index (χ2v) is 10.6. The van der Waals surface area contributed by atoms with Gasteiger partial charge in [-0.15, -0.1) is 5.06 Å². The van der Waals surface area contributed by atoms with Gasteiger partial charge in [-0.05, 0) is 31.1 Å². The van der Waals surface area contributed by atoms with Crippen LogP contribution in [0.5, 0.6) is 0 Å². The number of hydrogen-bond acceptors (Lipinski definition) is 4. The molecule has 0 spiro atoms. The molecule has 0 saturated carbocycles. The summed E-state index contributed by atoms with van der Waals surface area (Å²) in [6.45, 7) is 12.9. The van der Waals surface area contributed by atoms with Crippen molar-refractivity contribution in [2.75, 3.05) is 13.1 Å². The molecule has 0 aliphatic heterocycles. The van der Waals surface area contributed by atoms with Gasteiger partial charge in [-0.25, -0.2) is 0 Å². The zero-order chi connectivity index (χ0) is 24.0. The molecule has 0 fully saturated rings. The summed E-state index contributed by atoms with van der Waals surface area (Å²) in [7, 11) is 0. The molecule has 0 aromatic rings. The van der Waals surface area contributed by atoms with E-state index in [4.69, 9.17) is 4.84 Å². The molecule has 192 valence electrons. The van der Waals surface area contributed by atoms with Crippen LogP contribution in [0.3, 0.4) is 0 Å². The Morgan fingerprint density at radius 1 is 0.688 bits per heavy atom. The van der Waals surface area contributed by atoms with Crippen molar-refractivity contribution in [2.45, 2.75) is 150 Å². The third-order valence-electron chi connectivity index (χ3n) is 6.15. The Hall–Kier alpha value is -0.610. The first-order valence-electron chi connectivity index (χ1n) is 14.0. The van der Waals surface area contributed by atoms with Crippen LogP contribution in [-0.4, -0.2) is 35.3 Å². The monoisotopic (exact) mass is 455 g/mol. The van der Waals surface area contributed by atoms with E-state index in [-0.39, 0.29) is 12.4 Å². The maximum Gasteiger partial charge on any atom is 0.327 e. The summed E-state index contributed by atoms with van der Waals surface area (Å²) in [5.41, 5.74) is 0. The molecule has 0 aliphatic carbocycles. The normalized spacial score (nSPS) is 12.8. The summed E-state index contributed by atoms with van der Waals surface area (Å²) in [6.07, 6.45) is 18.3. The number of carbonyl (C=O) groups excluding carboxylic acids is 1. The number of carbonyl (C=O) groups is 1. The van der Waals surface area contributed by atoms with Crippen LogP contribution in [0.4, 0.5) is 0 Å². The molecular formula is C28H57NO3. The minimum Gasteiger partial charge on any atom is -0.393 e. The lowest BCUT2D eigenvalue weighted by Gasteiger charge is -2.22. The topological polar surface area (TPSA) is 49.8 Å². The second kappa shape index (κ2) is 22.2. The van der Waals surface area contributed by atoms with Crippen molar-refractivity contribution in [1.82, 2.24) is 5.06 Å². The van der Waals surface area contributed by atoms with Crippen molar-refractivity contribution >= 4 is 5.97 Å². The number of aliphatic hydroxyl groups is 1. The SMILES string of the molecule is CCCCCCCCCC(O)CC(=O)ON(CCCCCC(C)C)CCCCCC(C)C. The van der Waals surface area contributed by atoms with Crippen LogP contribution in [0, 0.1) is 11.8 Å². The highest BCUT2D eigenvalue weighted by molar-refractivity contribution is 5.69. The smallest absolute Gasteiger partial charge is 0.327 e. The molecule has 0 bridgehead atoms. The maximum atomic E-state index is 12.4. The Bertz CT molecular complexity index is 393. The van der Waals surface area contributed by atoms with Crippen molar-refractivity contribution in [3.8, 4) is 0 Å². The van der Waals surface area contributed by atoms with Gasteiger partial charge in [-0.3, -0.25) is 4.79 Å². The molecule has 0 saturated heterocycles. The van der Waals surface area contributed by atoms with Gasteiger partial charge in [-0.2, -0.15) is 0 Å². The average Bonchev–Trinajstić information content (AvgIpc) is 2.71. The molecule has 32 heavy (non-hydrogen) atoms. The first-order valence-corrected chi connectivity index (χ1v) is 14.0. The van der Waals surface area contributed by atoms with Crippen LogP contribution in [0.2, 0.25) is 0 Å². The highest BCUT2D eigenvalue weighted by Gasteiger charge is 2.16. The Kier molecular flexibility index (Phi) is 21.8. The van der Waals surface area contributed by atoms with Crippen molar-refractivity contribution in [3.63, 3.8) is 0 Å². The van der Waals surface area contributed by atoms with E-state index in [0.29, 0.717) is 6.42 Å². The largest absolute Gasteiger partial charge is 0.393 e. The Labute approximate surface area is 200 Å². The van der Waals surface area contributed by atoms with E-state index < -0.39 is 6.10 Å². The van der Waals surface area contributed by atoms with Crippen molar-refractivity contribution in [3.05, 3.63) is 0 Å². The summed E-state index contributed by atoms with van der Waals surface area (Å²) in [5, 5.41) is 12.1. The average molecular weight is 456 g/mol. The fourth-order valence-corrected chi connectivity index (χ4v) is 4.05. The Morgan fingerprint density at radius 3 is 1.62 bits per heavy atom. The molecule has 0 aromatic carbocycles. The van der Waals surface area contributed by atoms with Crippen LogP contribution in [-0.2, 0) is 9.63 Å². The second-order valence-electron chi connectivity index (χ2n) is 10.6. The van der Waals surface area contributed by atoms with Crippen molar-refractivity contribution in [1.29, 1.82) is 0 Å². The summed E-state index contributed by atoms with van der Waals surface area (Å²) < 4.78 is 0. The van der Waals surface area contributed by atoms with Gasteiger partial charge in [0.15, 0.2) is 0 Å². The van der Waals surface area contributed by atoms with E-state index >= 15 is 0 Å². The van der Waals surface area contributed by atoms with Gasteiger partial charge in [0.25, 0.3) is 0 Å². The molecule has 1 unspecified atom stereocenters. The van der Waals surface area contributed by atoms with Crippen molar-refractivity contribution < 1.29 is 14.7 Å². The molecule has 0 rings (SSSR count). The van der Waals surface area contributed by atoms with Gasteiger partial charge in [0.2, 0.25) is 0 Å². The Balaban J connectivity index is 4.16. The van der Waals surface area contributed by atoms with Gasteiger partial charge in [0, 0.05) is 13.1 Å².